The van der Waals surface area contributed by atoms with E-state index in [4.69, 9.17) is 9.90 Å². The fourth-order valence-electron chi connectivity index (χ4n) is 0.508. The highest BCUT2D eigenvalue weighted by molar-refractivity contribution is 5.70. The van der Waals surface area contributed by atoms with Crippen molar-refractivity contribution in [3.05, 3.63) is 28.7 Å². The Morgan fingerprint density at radius 1 is 1.53 bits per heavy atom. The molecule has 0 saturated carbocycles. The molecule has 0 aliphatic rings. The second-order valence-electron chi connectivity index (χ2n) is 2.38. The van der Waals surface area contributed by atoms with E-state index in [1.165, 1.54) is 6.07 Å². The number of carbonyl (C=O) groups is 1. The van der Waals surface area contributed by atoms with Crippen LogP contribution >= 0.6 is 0 Å². The van der Waals surface area contributed by atoms with Gasteiger partial charge in [0.1, 0.15) is 5.97 Å². The number of alkyl halides is 3. The first kappa shape index (κ1) is 13.1. The van der Waals surface area contributed by atoms with Gasteiger partial charge in [0.25, 0.3) is 5.56 Å². The molecule has 8 heteroatoms. The van der Waals surface area contributed by atoms with Crippen molar-refractivity contribution < 1.29 is 27.8 Å². The molecule has 1 N–H and O–H groups in total. The molecule has 0 unspecified atom stereocenters. The van der Waals surface area contributed by atoms with Crippen LogP contribution in [0.15, 0.2) is 23.1 Å². The van der Waals surface area contributed by atoms with Crippen molar-refractivity contribution in [2.24, 2.45) is 7.05 Å². The summed E-state index contributed by atoms with van der Waals surface area (Å²) >= 11 is 0. The highest BCUT2D eigenvalue weighted by Gasteiger charge is 2.28. The number of nitrogens with zero attached hydrogens (tertiary/aromatic N) is 1. The van der Waals surface area contributed by atoms with Gasteiger partial charge >= 0.3 is 6.18 Å². The molecular weight excluding hydrogens is 217 g/mol. The number of carbonyl (C=O) groups excluding carboxylic acids is 1. The van der Waals surface area contributed by atoms with Crippen molar-refractivity contribution in [2.45, 2.75) is 6.18 Å². The van der Waals surface area contributed by atoms with E-state index in [9.17, 15) is 18.0 Å². The van der Waals surface area contributed by atoms with E-state index in [1.54, 1.807) is 24.0 Å². The monoisotopic (exact) mass is 224 g/mol. The smallest absolute Gasteiger partial charge is 0.430 e. The largest absolute Gasteiger partial charge is 0.542 e. The van der Waals surface area contributed by atoms with Crippen LogP contribution in [0.2, 0.25) is 0 Å². The molecule has 15 heavy (non-hydrogen) atoms. The zero-order valence-corrected chi connectivity index (χ0v) is 7.54. The summed E-state index contributed by atoms with van der Waals surface area (Å²) in [6.07, 6.45) is -3.43. The number of H-pyrrole nitrogens is 1. The minimum absolute atomic E-state index is 0.0741. The van der Waals surface area contributed by atoms with Crippen LogP contribution in [0.3, 0.4) is 0 Å². The van der Waals surface area contributed by atoms with E-state index >= 15 is 0 Å². The van der Waals surface area contributed by atoms with Gasteiger partial charge in [-0.05, 0) is 0 Å². The molecule has 0 amide bonds. The van der Waals surface area contributed by atoms with E-state index in [0.717, 1.165) is 0 Å². The lowest BCUT2D eigenvalue weighted by Crippen LogP contribution is -2.37. The molecule has 0 aliphatic carbocycles. The van der Waals surface area contributed by atoms with Crippen LogP contribution < -0.4 is 15.3 Å². The predicted octanol–water partition coefficient (Wildman–Crippen LogP) is -1.50. The summed E-state index contributed by atoms with van der Waals surface area (Å²) in [7, 11) is 1.77. The van der Waals surface area contributed by atoms with Gasteiger partial charge in [0.15, 0.2) is 13.2 Å². The maximum atomic E-state index is 10.5. The standard InChI is InChI=1S/C5H6N2O.C2HF3O2/c1-7-4-2-3-5(8)6-7;3-2(4,5)1(6)7/h2-4H,1H3;(H,6,7). The van der Waals surface area contributed by atoms with Gasteiger partial charge in [-0.3, -0.25) is 4.79 Å². The van der Waals surface area contributed by atoms with Crippen LogP contribution in [0.25, 0.3) is 0 Å². The topological polar surface area (TPSA) is 76.9 Å². The van der Waals surface area contributed by atoms with E-state index in [1.807, 2.05) is 0 Å². The van der Waals surface area contributed by atoms with Crippen LogP contribution in [-0.2, 0) is 11.8 Å². The van der Waals surface area contributed by atoms with Gasteiger partial charge in [0, 0.05) is 12.1 Å². The Hall–Kier alpha value is -1.86. The number of hydrogen-bond acceptors (Lipinski definition) is 3. The Bertz CT molecular complexity index is 386. The fourth-order valence-corrected chi connectivity index (χ4v) is 0.508. The first-order valence-corrected chi connectivity index (χ1v) is 3.56. The van der Waals surface area contributed by atoms with E-state index in [0.29, 0.717) is 0 Å². The third kappa shape index (κ3) is 6.24. The Morgan fingerprint density at radius 3 is 2.20 bits per heavy atom. The highest BCUT2D eigenvalue weighted by atomic mass is 19.4. The average Bonchev–Trinajstić information content (AvgIpc) is 2.02. The summed E-state index contributed by atoms with van der Waals surface area (Å²) in [4.78, 5) is 19.2. The minimum Gasteiger partial charge on any atom is -0.542 e. The number of carboxylic acids is 1. The van der Waals surface area contributed by atoms with Crippen LogP contribution in [0.1, 0.15) is 0 Å². The Labute approximate surface area is 81.8 Å². The molecule has 1 heterocycles. The van der Waals surface area contributed by atoms with Crippen molar-refractivity contribution in [1.29, 1.82) is 0 Å². The molecule has 5 nitrogen and oxygen atoms in total. The zero-order valence-electron chi connectivity index (χ0n) is 7.54. The fraction of sp³-hybridized carbons (Fsp3) is 0.286. The molecule has 0 spiro atoms. The summed E-state index contributed by atoms with van der Waals surface area (Å²) in [5.41, 5.74) is -0.0741. The lowest BCUT2D eigenvalue weighted by molar-refractivity contribution is -0.732. The molecule has 1 aromatic rings. The van der Waals surface area contributed by atoms with E-state index in [-0.39, 0.29) is 5.56 Å². The molecule has 0 radical (unpaired) electrons. The van der Waals surface area contributed by atoms with Gasteiger partial charge in [0.2, 0.25) is 0 Å². The molecule has 84 valence electrons. The third-order valence-electron chi connectivity index (χ3n) is 1.08. The lowest BCUT2D eigenvalue weighted by atomic mass is 10.6. The first-order chi connectivity index (χ1) is 6.73. The lowest BCUT2D eigenvalue weighted by Gasteiger charge is -2.03. The van der Waals surface area contributed by atoms with E-state index < -0.39 is 12.1 Å². The van der Waals surface area contributed by atoms with Crippen LogP contribution in [0, 0.1) is 0 Å². The Morgan fingerprint density at radius 2 is 2.00 bits per heavy atom. The van der Waals surface area contributed by atoms with E-state index in [2.05, 4.69) is 5.10 Å². The number of aliphatic carboxylic acids is 1. The average molecular weight is 224 g/mol. The predicted molar refractivity (Wildman–Crippen MR) is 39.3 cm³/mol. The van der Waals surface area contributed by atoms with Crippen molar-refractivity contribution in [3.63, 3.8) is 0 Å². The minimum atomic E-state index is -5.19. The Kier molecular flexibility index (Phi) is 4.49. The van der Waals surface area contributed by atoms with Gasteiger partial charge in [0.05, 0.1) is 0 Å². The van der Waals surface area contributed by atoms with Gasteiger partial charge < -0.3 is 9.90 Å². The van der Waals surface area contributed by atoms with Gasteiger partial charge in [-0.15, -0.1) is 9.78 Å². The summed E-state index contributed by atoms with van der Waals surface area (Å²) in [6, 6.07) is 3.17. The van der Waals surface area contributed by atoms with Gasteiger partial charge in [-0.25, -0.2) is 0 Å². The molecule has 0 saturated heterocycles. The molecule has 1 rings (SSSR count). The molecular formula is C7H7F3N2O3. The number of nitrogens with one attached hydrogen (secondary N) is 1. The number of aromatic amines is 1. The molecule has 1 aromatic heterocycles. The zero-order chi connectivity index (χ0) is 12.1. The maximum absolute atomic E-state index is 10.5. The quantitative estimate of drug-likeness (QED) is 0.545. The third-order valence-corrected chi connectivity index (χ3v) is 1.08. The number of hydrogen-bond donors (Lipinski definition) is 1. The summed E-state index contributed by atoms with van der Waals surface area (Å²) in [6.45, 7) is 0. The Balaban J connectivity index is 0.000000265. The molecule has 0 fully saturated rings. The van der Waals surface area contributed by atoms with Crippen molar-refractivity contribution in [2.75, 3.05) is 0 Å². The number of aromatic nitrogens is 2. The second-order valence-corrected chi connectivity index (χ2v) is 2.38. The second kappa shape index (κ2) is 5.13. The van der Waals surface area contributed by atoms with Crippen LogP contribution in [-0.4, -0.2) is 17.2 Å². The molecule has 0 aliphatic heterocycles. The van der Waals surface area contributed by atoms with Crippen molar-refractivity contribution in [1.82, 2.24) is 5.10 Å². The number of halogens is 3. The summed E-state index contributed by atoms with van der Waals surface area (Å²) < 4.78 is 33.1. The SMILES string of the molecule is C[n+]1cccc(=O)[nH]1.O=C([O-])C(F)(F)F. The molecule has 0 bridgehead atoms. The van der Waals surface area contributed by atoms with Crippen LogP contribution in [0.4, 0.5) is 13.2 Å². The van der Waals surface area contributed by atoms with Gasteiger partial charge in [-0.1, -0.05) is 0 Å². The molecule has 0 atom stereocenters. The summed E-state index contributed by atoms with van der Waals surface area (Å²) in [5, 5.41) is 11.3. The maximum Gasteiger partial charge on any atom is 0.430 e. The number of rotatable bonds is 0. The van der Waals surface area contributed by atoms with Crippen molar-refractivity contribution >= 4 is 5.97 Å². The number of carboxylic acid groups (broad SMARTS) is 1. The molecule has 0 aromatic carbocycles. The first-order valence-electron chi connectivity index (χ1n) is 3.56. The highest BCUT2D eigenvalue weighted by Crippen LogP contribution is 2.11. The number of aryl methyl sites for hydroxylation is 1. The van der Waals surface area contributed by atoms with Gasteiger partial charge in [-0.2, -0.15) is 13.2 Å². The normalized spacial score (nSPS) is 10.1. The van der Waals surface area contributed by atoms with Crippen molar-refractivity contribution in [3.8, 4) is 0 Å². The van der Waals surface area contributed by atoms with Crippen LogP contribution in [0.5, 0.6) is 0 Å². The summed E-state index contributed by atoms with van der Waals surface area (Å²) in [5.74, 6) is -3.01.